The molecule has 0 unspecified atom stereocenters. The lowest BCUT2D eigenvalue weighted by atomic mass is 10.1. The van der Waals surface area contributed by atoms with Crippen molar-refractivity contribution in [2.75, 3.05) is 25.8 Å². The number of ether oxygens (including phenoxy) is 2. The molecular formula is C27H50O3S2Si2. The van der Waals surface area contributed by atoms with Crippen LogP contribution in [0.5, 0.6) is 0 Å². The normalized spacial score (nSPS) is 20.9. The average Bonchev–Trinajstić information content (AvgIpc) is 2.73. The SMILES string of the molecule is CC(C)(C)[Si](C)(C)OCC[C@@H](C[C@@]1(Sc2ccccc2)CCCCS1)OCOCC[Si](C)(C)C. The minimum Gasteiger partial charge on any atom is -0.417 e. The number of hydrogen-bond donors (Lipinski definition) is 0. The lowest BCUT2D eigenvalue weighted by Gasteiger charge is -2.39. The lowest BCUT2D eigenvalue weighted by Crippen LogP contribution is -2.41. The first-order valence-corrected chi connectivity index (χ1v) is 21.5. The topological polar surface area (TPSA) is 27.7 Å². The van der Waals surface area contributed by atoms with Gasteiger partial charge in [0.2, 0.25) is 0 Å². The van der Waals surface area contributed by atoms with E-state index < -0.39 is 16.4 Å². The zero-order valence-electron chi connectivity index (χ0n) is 23.1. The molecule has 1 aromatic carbocycles. The minimum absolute atomic E-state index is 0.151. The van der Waals surface area contributed by atoms with E-state index in [0.29, 0.717) is 6.79 Å². The first-order valence-electron chi connectivity index (χ1n) is 13.0. The van der Waals surface area contributed by atoms with Gasteiger partial charge in [0.25, 0.3) is 0 Å². The van der Waals surface area contributed by atoms with Crippen LogP contribution in [0.3, 0.4) is 0 Å². The molecule has 196 valence electrons. The van der Waals surface area contributed by atoms with Crippen molar-refractivity contribution < 1.29 is 13.9 Å². The van der Waals surface area contributed by atoms with E-state index in [0.717, 1.165) is 26.1 Å². The van der Waals surface area contributed by atoms with Gasteiger partial charge in [-0.2, -0.15) is 0 Å². The van der Waals surface area contributed by atoms with Crippen molar-refractivity contribution in [1.82, 2.24) is 0 Å². The number of thioether (sulfide) groups is 2. The molecule has 0 saturated carbocycles. The average molecular weight is 543 g/mol. The Morgan fingerprint density at radius 1 is 1.03 bits per heavy atom. The first kappa shape index (κ1) is 30.5. The molecule has 0 aromatic heterocycles. The second-order valence-corrected chi connectivity index (χ2v) is 26.0. The van der Waals surface area contributed by atoms with Crippen LogP contribution in [-0.4, -0.2) is 52.3 Å². The largest absolute Gasteiger partial charge is 0.417 e. The molecule has 0 radical (unpaired) electrons. The molecule has 2 atom stereocenters. The quantitative estimate of drug-likeness (QED) is 0.133. The van der Waals surface area contributed by atoms with E-state index in [1.807, 2.05) is 11.8 Å². The molecule has 34 heavy (non-hydrogen) atoms. The van der Waals surface area contributed by atoms with Gasteiger partial charge in [0.15, 0.2) is 8.32 Å². The van der Waals surface area contributed by atoms with Crippen molar-refractivity contribution in [3.05, 3.63) is 30.3 Å². The summed E-state index contributed by atoms with van der Waals surface area (Å²) >= 11 is 4.19. The van der Waals surface area contributed by atoms with Gasteiger partial charge in [0.05, 0.1) is 10.2 Å². The van der Waals surface area contributed by atoms with Crippen molar-refractivity contribution in [1.29, 1.82) is 0 Å². The van der Waals surface area contributed by atoms with Gasteiger partial charge >= 0.3 is 0 Å². The van der Waals surface area contributed by atoms with Crippen molar-refractivity contribution in [2.45, 2.75) is 112 Å². The number of rotatable bonds is 14. The molecule has 1 aliphatic rings. The van der Waals surface area contributed by atoms with Gasteiger partial charge in [0.1, 0.15) is 6.79 Å². The Morgan fingerprint density at radius 3 is 2.32 bits per heavy atom. The number of benzene rings is 1. The molecule has 0 N–H and O–H groups in total. The molecule has 0 spiro atoms. The van der Waals surface area contributed by atoms with Crippen molar-refractivity contribution in [3.8, 4) is 0 Å². The van der Waals surface area contributed by atoms with Crippen LogP contribution in [-0.2, 0) is 13.9 Å². The fourth-order valence-corrected chi connectivity index (χ4v) is 8.79. The second-order valence-electron chi connectivity index (χ2n) is 12.4. The predicted molar refractivity (Wildman–Crippen MR) is 158 cm³/mol. The van der Waals surface area contributed by atoms with E-state index in [4.69, 9.17) is 13.9 Å². The first-order chi connectivity index (χ1) is 15.8. The lowest BCUT2D eigenvalue weighted by molar-refractivity contribution is -0.0937. The summed E-state index contributed by atoms with van der Waals surface area (Å²) in [6.07, 6.45) is 5.97. The third kappa shape index (κ3) is 11.1. The van der Waals surface area contributed by atoms with Crippen LogP contribution >= 0.6 is 23.5 Å². The van der Waals surface area contributed by atoms with Crippen LogP contribution in [0.25, 0.3) is 0 Å². The molecule has 1 aromatic rings. The van der Waals surface area contributed by atoms with Gasteiger partial charge in [-0.05, 0) is 67.7 Å². The summed E-state index contributed by atoms with van der Waals surface area (Å²) in [6, 6.07) is 12.1. The van der Waals surface area contributed by atoms with E-state index >= 15 is 0 Å². The molecule has 1 saturated heterocycles. The van der Waals surface area contributed by atoms with Crippen molar-refractivity contribution >= 4 is 39.9 Å². The van der Waals surface area contributed by atoms with Gasteiger partial charge in [-0.1, -0.05) is 65.0 Å². The highest BCUT2D eigenvalue weighted by Gasteiger charge is 2.39. The Balaban J connectivity index is 2.04. The number of hydrogen-bond acceptors (Lipinski definition) is 5. The molecular weight excluding hydrogens is 493 g/mol. The molecule has 0 amide bonds. The van der Waals surface area contributed by atoms with Gasteiger partial charge < -0.3 is 13.9 Å². The molecule has 1 aliphatic heterocycles. The summed E-state index contributed by atoms with van der Waals surface area (Å²) < 4.78 is 19.1. The van der Waals surface area contributed by atoms with E-state index in [2.05, 4.69) is 95.6 Å². The Kier molecular flexibility index (Phi) is 12.3. The summed E-state index contributed by atoms with van der Waals surface area (Å²) in [7, 11) is -2.85. The maximum atomic E-state index is 6.55. The highest BCUT2D eigenvalue weighted by Crippen LogP contribution is 2.52. The van der Waals surface area contributed by atoms with Gasteiger partial charge in [-0.15, -0.1) is 23.5 Å². The van der Waals surface area contributed by atoms with E-state index in [1.165, 1.54) is 36.0 Å². The third-order valence-corrected chi connectivity index (χ3v) is 16.5. The Hall–Kier alpha value is 0.234. The molecule has 1 heterocycles. The van der Waals surface area contributed by atoms with E-state index in [-0.39, 0.29) is 15.2 Å². The van der Waals surface area contributed by atoms with Crippen LogP contribution in [0.4, 0.5) is 0 Å². The summed E-state index contributed by atoms with van der Waals surface area (Å²) in [5.74, 6) is 1.24. The Bertz CT molecular complexity index is 696. The smallest absolute Gasteiger partial charge is 0.191 e. The molecule has 1 fully saturated rings. The second kappa shape index (κ2) is 13.7. The Morgan fingerprint density at radius 2 is 1.74 bits per heavy atom. The molecule has 2 rings (SSSR count). The monoisotopic (exact) mass is 542 g/mol. The molecule has 0 aliphatic carbocycles. The van der Waals surface area contributed by atoms with Crippen molar-refractivity contribution in [3.63, 3.8) is 0 Å². The minimum atomic E-state index is -1.76. The Labute approximate surface area is 221 Å². The molecule has 7 heteroatoms. The van der Waals surface area contributed by atoms with Crippen LogP contribution in [0.2, 0.25) is 43.8 Å². The van der Waals surface area contributed by atoms with Crippen LogP contribution < -0.4 is 0 Å². The van der Waals surface area contributed by atoms with Gasteiger partial charge in [-0.25, -0.2) is 0 Å². The summed E-state index contributed by atoms with van der Waals surface area (Å²) in [6.45, 7) is 20.8. The van der Waals surface area contributed by atoms with E-state index in [1.54, 1.807) is 0 Å². The van der Waals surface area contributed by atoms with Gasteiger partial charge in [-0.3, -0.25) is 0 Å². The van der Waals surface area contributed by atoms with Crippen LogP contribution in [0.15, 0.2) is 35.2 Å². The maximum absolute atomic E-state index is 6.55. The highest BCUT2D eigenvalue weighted by atomic mass is 32.2. The summed E-state index contributed by atoms with van der Waals surface area (Å²) in [5, 5.41) is 0.229. The molecule has 3 nitrogen and oxygen atoms in total. The fourth-order valence-electron chi connectivity index (χ4n) is 3.65. The summed E-state index contributed by atoms with van der Waals surface area (Å²) in [4.78, 5) is 1.36. The molecule has 0 bridgehead atoms. The fraction of sp³-hybridized carbons (Fsp3) is 0.778. The van der Waals surface area contributed by atoms with E-state index in [9.17, 15) is 0 Å². The highest BCUT2D eigenvalue weighted by molar-refractivity contribution is 8.18. The van der Waals surface area contributed by atoms with Crippen molar-refractivity contribution in [2.24, 2.45) is 0 Å². The maximum Gasteiger partial charge on any atom is 0.191 e. The standard InChI is InChI=1S/C27H50O3S2Si2/c1-26(2,3)34(7,8)30-18-16-24(29-23-28-19-21-33(4,5)6)22-27(17-12-13-20-31-27)32-25-14-10-9-11-15-25/h9-11,14-15,24H,12-13,16-23H2,1-8H3/t24-,27-/m0/s1. The van der Waals surface area contributed by atoms with Crippen LogP contribution in [0, 0.1) is 0 Å². The predicted octanol–water partition coefficient (Wildman–Crippen LogP) is 8.89. The summed E-state index contributed by atoms with van der Waals surface area (Å²) in [5.41, 5.74) is 0. The zero-order valence-corrected chi connectivity index (χ0v) is 26.7. The van der Waals surface area contributed by atoms with Crippen LogP contribution in [0.1, 0.15) is 52.9 Å². The zero-order chi connectivity index (χ0) is 25.3. The third-order valence-electron chi connectivity index (χ3n) is 7.00. The van der Waals surface area contributed by atoms with Gasteiger partial charge in [0, 0.05) is 26.2 Å².